The summed E-state index contributed by atoms with van der Waals surface area (Å²) in [4.78, 5) is 0. The van der Waals surface area contributed by atoms with Gasteiger partial charge in [0, 0.05) is 19.3 Å². The van der Waals surface area contributed by atoms with Gasteiger partial charge < -0.3 is 0 Å². The van der Waals surface area contributed by atoms with Crippen LogP contribution in [-0.2, 0) is 13.5 Å². The van der Waals surface area contributed by atoms with E-state index in [0.29, 0.717) is 6.04 Å². The van der Waals surface area contributed by atoms with E-state index in [1.54, 1.807) is 0 Å². The fourth-order valence-electron chi connectivity index (χ4n) is 2.73. The third-order valence-electron chi connectivity index (χ3n) is 3.65. The zero-order valence-corrected chi connectivity index (χ0v) is 10.0. The average Bonchev–Trinajstić information content (AvgIpc) is 2.73. The number of hydrazine groups is 1. The molecular weight excluding hydrogens is 200 g/mol. The summed E-state index contributed by atoms with van der Waals surface area (Å²) in [7, 11) is 1.95. The summed E-state index contributed by atoms with van der Waals surface area (Å²) in [6.45, 7) is 0. The Balaban J connectivity index is 1.94. The first-order chi connectivity index (χ1) is 7.79. The van der Waals surface area contributed by atoms with E-state index in [9.17, 15) is 0 Å². The lowest BCUT2D eigenvalue weighted by molar-refractivity contribution is 0.268. The molecule has 0 aromatic carbocycles. The third kappa shape index (κ3) is 2.83. The molecule has 1 aliphatic rings. The van der Waals surface area contributed by atoms with E-state index in [-0.39, 0.29) is 0 Å². The number of aromatic nitrogens is 2. The van der Waals surface area contributed by atoms with Crippen LogP contribution in [-0.4, -0.2) is 15.8 Å². The SMILES string of the molecule is Cn1cc(CC(NN)C2CCCCC2)cn1. The lowest BCUT2D eigenvalue weighted by atomic mass is 9.82. The molecule has 0 spiro atoms. The van der Waals surface area contributed by atoms with Crippen LogP contribution in [0.25, 0.3) is 0 Å². The Kier molecular flexibility index (Phi) is 3.96. The maximum atomic E-state index is 5.68. The first-order valence-corrected chi connectivity index (χ1v) is 6.23. The molecule has 1 aromatic rings. The zero-order chi connectivity index (χ0) is 11.4. The van der Waals surface area contributed by atoms with Gasteiger partial charge in [-0.1, -0.05) is 19.3 Å². The molecule has 0 bridgehead atoms. The molecule has 1 heterocycles. The van der Waals surface area contributed by atoms with Crippen molar-refractivity contribution in [3.8, 4) is 0 Å². The van der Waals surface area contributed by atoms with Gasteiger partial charge in [-0.25, -0.2) is 0 Å². The Labute approximate surface area is 97.2 Å². The quantitative estimate of drug-likeness (QED) is 0.597. The summed E-state index contributed by atoms with van der Waals surface area (Å²) >= 11 is 0. The zero-order valence-electron chi connectivity index (χ0n) is 10.0. The number of nitrogens with two attached hydrogens (primary N) is 1. The molecular formula is C12H22N4. The van der Waals surface area contributed by atoms with Gasteiger partial charge in [0.2, 0.25) is 0 Å². The van der Waals surface area contributed by atoms with E-state index in [1.165, 1.54) is 37.7 Å². The minimum atomic E-state index is 0.407. The lowest BCUT2D eigenvalue weighted by Crippen LogP contribution is -2.43. The van der Waals surface area contributed by atoms with Crippen LogP contribution in [0, 0.1) is 5.92 Å². The third-order valence-corrected chi connectivity index (χ3v) is 3.65. The molecule has 0 saturated heterocycles. The Morgan fingerprint density at radius 1 is 1.50 bits per heavy atom. The molecule has 4 heteroatoms. The highest BCUT2D eigenvalue weighted by molar-refractivity contribution is 5.06. The van der Waals surface area contributed by atoms with E-state index >= 15 is 0 Å². The minimum Gasteiger partial charge on any atom is -0.276 e. The predicted molar refractivity (Wildman–Crippen MR) is 64.6 cm³/mol. The second kappa shape index (κ2) is 5.46. The standard InChI is InChI=1S/C12H22N4/c1-16-9-10(8-14-16)7-12(15-13)11-5-3-2-4-6-11/h8-9,11-12,15H,2-7,13H2,1H3. The Bertz CT molecular complexity index is 315. The molecule has 1 unspecified atom stereocenters. The summed E-state index contributed by atoms with van der Waals surface area (Å²) in [5.41, 5.74) is 4.27. The second-order valence-electron chi connectivity index (χ2n) is 4.90. The van der Waals surface area contributed by atoms with Crippen LogP contribution >= 0.6 is 0 Å². The minimum absolute atomic E-state index is 0.407. The summed E-state index contributed by atoms with van der Waals surface area (Å²) in [6.07, 6.45) is 11.7. The van der Waals surface area contributed by atoms with Crippen LogP contribution in [0.4, 0.5) is 0 Å². The molecule has 4 nitrogen and oxygen atoms in total. The average molecular weight is 222 g/mol. The largest absolute Gasteiger partial charge is 0.276 e. The monoisotopic (exact) mass is 222 g/mol. The van der Waals surface area contributed by atoms with Crippen LogP contribution in [0.15, 0.2) is 12.4 Å². The van der Waals surface area contributed by atoms with Gasteiger partial charge in [-0.2, -0.15) is 5.10 Å². The van der Waals surface area contributed by atoms with Crippen molar-refractivity contribution in [3.63, 3.8) is 0 Å². The molecule has 1 atom stereocenters. The number of nitrogens with one attached hydrogen (secondary N) is 1. The highest BCUT2D eigenvalue weighted by Crippen LogP contribution is 2.27. The van der Waals surface area contributed by atoms with E-state index in [1.807, 2.05) is 17.9 Å². The van der Waals surface area contributed by atoms with Crippen molar-refractivity contribution < 1.29 is 0 Å². The highest BCUT2D eigenvalue weighted by atomic mass is 15.2. The molecule has 0 radical (unpaired) electrons. The van der Waals surface area contributed by atoms with Gasteiger partial charge >= 0.3 is 0 Å². The van der Waals surface area contributed by atoms with Crippen molar-refractivity contribution in [1.29, 1.82) is 0 Å². The van der Waals surface area contributed by atoms with Gasteiger partial charge in [-0.3, -0.25) is 16.0 Å². The Morgan fingerprint density at radius 2 is 2.25 bits per heavy atom. The summed E-state index contributed by atoms with van der Waals surface area (Å²) < 4.78 is 1.85. The lowest BCUT2D eigenvalue weighted by Gasteiger charge is -2.29. The maximum Gasteiger partial charge on any atom is 0.0522 e. The van der Waals surface area contributed by atoms with E-state index in [2.05, 4.69) is 16.7 Å². The van der Waals surface area contributed by atoms with Gasteiger partial charge in [-0.15, -0.1) is 0 Å². The normalized spacial score (nSPS) is 19.9. The van der Waals surface area contributed by atoms with Crippen molar-refractivity contribution in [2.45, 2.75) is 44.6 Å². The Morgan fingerprint density at radius 3 is 2.81 bits per heavy atom. The first kappa shape index (κ1) is 11.6. The van der Waals surface area contributed by atoms with Crippen molar-refractivity contribution in [2.75, 3.05) is 0 Å². The molecule has 1 fully saturated rings. The topological polar surface area (TPSA) is 55.9 Å². The van der Waals surface area contributed by atoms with Crippen LogP contribution in [0.3, 0.4) is 0 Å². The molecule has 1 saturated carbocycles. The molecule has 1 aliphatic carbocycles. The van der Waals surface area contributed by atoms with Crippen molar-refractivity contribution >= 4 is 0 Å². The van der Waals surface area contributed by atoms with E-state index < -0.39 is 0 Å². The molecule has 0 amide bonds. The molecule has 2 rings (SSSR count). The van der Waals surface area contributed by atoms with Crippen molar-refractivity contribution in [3.05, 3.63) is 18.0 Å². The maximum absolute atomic E-state index is 5.68. The molecule has 90 valence electrons. The summed E-state index contributed by atoms with van der Waals surface area (Å²) in [5, 5.41) is 4.20. The molecule has 3 N–H and O–H groups in total. The van der Waals surface area contributed by atoms with E-state index in [0.717, 1.165) is 12.3 Å². The number of hydrogen-bond donors (Lipinski definition) is 2. The van der Waals surface area contributed by atoms with Gasteiger partial charge in [0.15, 0.2) is 0 Å². The van der Waals surface area contributed by atoms with E-state index in [4.69, 9.17) is 5.84 Å². The fraction of sp³-hybridized carbons (Fsp3) is 0.750. The number of aryl methyl sites for hydroxylation is 1. The van der Waals surface area contributed by atoms with Crippen molar-refractivity contribution in [2.24, 2.45) is 18.8 Å². The second-order valence-corrected chi connectivity index (χ2v) is 4.90. The molecule has 1 aromatic heterocycles. The van der Waals surface area contributed by atoms with Crippen molar-refractivity contribution in [1.82, 2.24) is 15.2 Å². The number of nitrogens with zero attached hydrogens (tertiary/aromatic N) is 2. The van der Waals surface area contributed by atoms with Gasteiger partial charge in [-0.05, 0) is 30.7 Å². The summed E-state index contributed by atoms with van der Waals surface area (Å²) in [6, 6.07) is 0.407. The van der Waals surface area contributed by atoms with Gasteiger partial charge in [0.05, 0.1) is 6.20 Å². The number of hydrogen-bond acceptors (Lipinski definition) is 3. The van der Waals surface area contributed by atoms with Gasteiger partial charge in [0.1, 0.15) is 0 Å². The smallest absolute Gasteiger partial charge is 0.0522 e. The number of rotatable bonds is 4. The first-order valence-electron chi connectivity index (χ1n) is 6.23. The predicted octanol–water partition coefficient (Wildman–Crippen LogP) is 1.37. The van der Waals surface area contributed by atoms with Crippen LogP contribution < -0.4 is 11.3 Å². The summed E-state index contributed by atoms with van der Waals surface area (Å²) in [5.74, 6) is 6.42. The molecule has 0 aliphatic heterocycles. The van der Waals surface area contributed by atoms with Crippen LogP contribution in [0.2, 0.25) is 0 Å². The Hall–Kier alpha value is -0.870. The fourth-order valence-corrected chi connectivity index (χ4v) is 2.73. The van der Waals surface area contributed by atoms with Gasteiger partial charge in [0.25, 0.3) is 0 Å². The molecule has 16 heavy (non-hydrogen) atoms. The highest BCUT2D eigenvalue weighted by Gasteiger charge is 2.23. The van der Waals surface area contributed by atoms with Crippen LogP contribution in [0.5, 0.6) is 0 Å². The van der Waals surface area contributed by atoms with Crippen LogP contribution in [0.1, 0.15) is 37.7 Å².